The van der Waals surface area contributed by atoms with Crippen LogP contribution < -0.4 is 4.74 Å². The van der Waals surface area contributed by atoms with Crippen molar-refractivity contribution < 1.29 is 31.1 Å². The van der Waals surface area contributed by atoms with Gasteiger partial charge in [-0.2, -0.15) is 31.4 Å². The van der Waals surface area contributed by atoms with Crippen LogP contribution in [-0.4, -0.2) is 21.9 Å². The zero-order valence-corrected chi connectivity index (χ0v) is 13.7. The maximum atomic E-state index is 13.1. The van der Waals surface area contributed by atoms with Crippen LogP contribution in [0.2, 0.25) is 0 Å². The second-order valence-corrected chi connectivity index (χ2v) is 5.90. The highest BCUT2D eigenvalue weighted by Gasteiger charge is 2.42. The largest absolute Gasteiger partial charge is 0.497 e. The predicted octanol–water partition coefficient (Wildman–Crippen LogP) is 5.04. The Labute approximate surface area is 146 Å². The molecule has 0 unspecified atom stereocenters. The molecule has 0 fully saturated rings. The number of benzene rings is 1. The fourth-order valence-electron chi connectivity index (χ4n) is 2.12. The van der Waals surface area contributed by atoms with Crippen molar-refractivity contribution in [1.29, 1.82) is 0 Å². The molecule has 11 heteroatoms. The van der Waals surface area contributed by atoms with Crippen molar-refractivity contribution >= 4 is 11.3 Å². The van der Waals surface area contributed by atoms with Gasteiger partial charge in [-0.25, -0.2) is 9.67 Å². The first kappa shape index (κ1) is 18.2. The van der Waals surface area contributed by atoms with Crippen molar-refractivity contribution in [2.45, 2.75) is 12.4 Å². The fourth-order valence-corrected chi connectivity index (χ4v) is 2.92. The first-order chi connectivity index (χ1) is 12.1. The van der Waals surface area contributed by atoms with Gasteiger partial charge in [0.1, 0.15) is 5.75 Å². The summed E-state index contributed by atoms with van der Waals surface area (Å²) < 4.78 is 82.7. The van der Waals surface area contributed by atoms with E-state index in [4.69, 9.17) is 4.74 Å². The molecule has 1 aromatic carbocycles. The summed E-state index contributed by atoms with van der Waals surface area (Å²) in [5, 5.41) is 4.17. The molecule has 0 N–H and O–H groups in total. The maximum absolute atomic E-state index is 13.1. The van der Waals surface area contributed by atoms with Crippen LogP contribution in [-0.2, 0) is 12.4 Å². The summed E-state index contributed by atoms with van der Waals surface area (Å²) in [6.45, 7) is 0. The molecule has 0 saturated carbocycles. The first-order valence-corrected chi connectivity index (χ1v) is 7.82. The van der Waals surface area contributed by atoms with Crippen molar-refractivity contribution in [3.8, 4) is 22.1 Å². The summed E-state index contributed by atoms with van der Waals surface area (Å²) in [5.74, 6) is 0.574. The minimum Gasteiger partial charge on any atom is -0.497 e. The molecule has 138 valence electrons. The van der Waals surface area contributed by atoms with E-state index in [2.05, 4.69) is 10.1 Å². The number of aromatic nitrogens is 3. The van der Waals surface area contributed by atoms with Crippen LogP contribution in [0.15, 0.2) is 35.7 Å². The summed E-state index contributed by atoms with van der Waals surface area (Å²) in [4.78, 5) is 3.99. The SMILES string of the molecule is COc1ccc(-c2csc(-n3nc(C(F)(F)F)cc3C(F)(F)F)n2)cc1. The van der Waals surface area contributed by atoms with Gasteiger partial charge in [0.2, 0.25) is 5.13 Å². The van der Waals surface area contributed by atoms with Crippen LogP contribution >= 0.6 is 11.3 Å². The molecule has 0 amide bonds. The smallest absolute Gasteiger partial charge is 0.435 e. The highest BCUT2D eigenvalue weighted by Crippen LogP contribution is 2.37. The monoisotopic (exact) mass is 393 g/mol. The van der Waals surface area contributed by atoms with Crippen LogP contribution in [0.5, 0.6) is 5.75 Å². The number of hydrogen-bond donors (Lipinski definition) is 0. The van der Waals surface area contributed by atoms with Crippen molar-refractivity contribution in [1.82, 2.24) is 14.8 Å². The standard InChI is InChI=1S/C15H9F6N3OS/c1-25-9-4-2-8(3-5-9)10-7-26-13(22-10)24-12(15(19,20)21)6-11(23-24)14(16,17)18/h2-7H,1H3. The van der Waals surface area contributed by atoms with E-state index in [1.54, 1.807) is 24.3 Å². The van der Waals surface area contributed by atoms with E-state index in [1.165, 1.54) is 12.5 Å². The topological polar surface area (TPSA) is 39.9 Å². The zero-order valence-electron chi connectivity index (χ0n) is 12.9. The molecule has 26 heavy (non-hydrogen) atoms. The quantitative estimate of drug-likeness (QED) is 0.585. The summed E-state index contributed by atoms with van der Waals surface area (Å²) in [5.41, 5.74) is -2.29. The van der Waals surface area contributed by atoms with Gasteiger partial charge in [-0.3, -0.25) is 0 Å². The molecule has 0 aliphatic rings. The number of thiazole rings is 1. The van der Waals surface area contributed by atoms with E-state index < -0.39 is 23.7 Å². The highest BCUT2D eigenvalue weighted by atomic mass is 32.1. The summed E-state index contributed by atoms with van der Waals surface area (Å²) in [6, 6.07) is 6.49. The number of ether oxygens (including phenoxy) is 1. The van der Waals surface area contributed by atoms with Crippen LogP contribution in [0.1, 0.15) is 11.4 Å². The van der Waals surface area contributed by atoms with Gasteiger partial charge in [0, 0.05) is 17.0 Å². The van der Waals surface area contributed by atoms with Crippen molar-refractivity contribution in [3.63, 3.8) is 0 Å². The molecule has 0 saturated heterocycles. The number of rotatable bonds is 3. The number of methoxy groups -OCH3 is 1. The Hall–Kier alpha value is -2.56. The molecule has 4 nitrogen and oxygen atoms in total. The van der Waals surface area contributed by atoms with Crippen molar-refractivity contribution in [3.05, 3.63) is 47.1 Å². The second-order valence-electron chi connectivity index (χ2n) is 5.07. The van der Waals surface area contributed by atoms with Crippen LogP contribution in [0.25, 0.3) is 16.4 Å². The molecule has 0 aliphatic carbocycles. The lowest BCUT2D eigenvalue weighted by molar-refractivity contribution is -0.143. The van der Waals surface area contributed by atoms with Gasteiger partial charge in [0.15, 0.2) is 11.4 Å². The highest BCUT2D eigenvalue weighted by molar-refractivity contribution is 7.12. The van der Waals surface area contributed by atoms with Crippen LogP contribution in [0.3, 0.4) is 0 Å². The molecule has 3 rings (SSSR count). The van der Waals surface area contributed by atoms with Gasteiger partial charge in [-0.1, -0.05) is 0 Å². The lowest BCUT2D eigenvalue weighted by Crippen LogP contribution is -2.13. The fraction of sp³-hybridized carbons (Fsp3) is 0.200. The van der Waals surface area contributed by atoms with E-state index in [1.807, 2.05) is 0 Å². The molecule has 0 atom stereocenters. The minimum absolute atomic E-state index is 0.0333. The third-order valence-electron chi connectivity index (χ3n) is 3.35. The first-order valence-electron chi connectivity index (χ1n) is 6.94. The van der Waals surface area contributed by atoms with Gasteiger partial charge in [-0.05, 0) is 24.3 Å². The average molecular weight is 393 g/mol. The van der Waals surface area contributed by atoms with Crippen molar-refractivity contribution in [2.75, 3.05) is 7.11 Å². The molecule has 2 heterocycles. The Morgan fingerprint density at radius 2 is 1.65 bits per heavy atom. The molecule has 0 radical (unpaired) electrons. The lowest BCUT2D eigenvalue weighted by Gasteiger charge is -2.07. The van der Waals surface area contributed by atoms with Gasteiger partial charge >= 0.3 is 12.4 Å². The van der Waals surface area contributed by atoms with E-state index in [-0.39, 0.29) is 15.9 Å². The van der Waals surface area contributed by atoms with Crippen LogP contribution in [0.4, 0.5) is 26.3 Å². The Kier molecular flexibility index (Phi) is 4.42. The maximum Gasteiger partial charge on any atom is 0.435 e. The number of nitrogens with zero attached hydrogens (tertiary/aromatic N) is 3. The molecule has 0 aliphatic heterocycles. The van der Waals surface area contributed by atoms with Crippen molar-refractivity contribution in [2.24, 2.45) is 0 Å². The molecule has 0 spiro atoms. The van der Waals surface area contributed by atoms with Crippen LogP contribution in [0, 0.1) is 0 Å². The van der Waals surface area contributed by atoms with E-state index >= 15 is 0 Å². The van der Waals surface area contributed by atoms with E-state index in [0.717, 1.165) is 11.3 Å². The summed E-state index contributed by atoms with van der Waals surface area (Å²) in [6.07, 6.45) is -10.0. The normalized spacial score (nSPS) is 12.4. The molecule has 0 bridgehead atoms. The number of hydrogen-bond acceptors (Lipinski definition) is 4. The third kappa shape index (κ3) is 3.52. The molecule has 2 aromatic heterocycles. The predicted molar refractivity (Wildman–Crippen MR) is 81.2 cm³/mol. The number of halogens is 6. The summed E-state index contributed by atoms with van der Waals surface area (Å²) >= 11 is 0.752. The Morgan fingerprint density at radius 1 is 1.00 bits per heavy atom. The van der Waals surface area contributed by atoms with Gasteiger partial charge in [0.25, 0.3) is 0 Å². The van der Waals surface area contributed by atoms with E-state index in [0.29, 0.717) is 17.0 Å². The second kappa shape index (κ2) is 6.31. The number of alkyl halides is 6. The van der Waals surface area contributed by atoms with Gasteiger partial charge in [0.05, 0.1) is 12.8 Å². The Morgan fingerprint density at radius 3 is 2.19 bits per heavy atom. The third-order valence-corrected chi connectivity index (χ3v) is 4.17. The minimum atomic E-state index is -5.01. The average Bonchev–Trinajstić information content (AvgIpc) is 3.20. The van der Waals surface area contributed by atoms with E-state index in [9.17, 15) is 26.3 Å². The van der Waals surface area contributed by atoms with Gasteiger partial charge < -0.3 is 4.74 Å². The molecular weight excluding hydrogens is 384 g/mol. The zero-order chi connectivity index (χ0) is 19.1. The lowest BCUT2D eigenvalue weighted by atomic mass is 10.2. The Balaban J connectivity index is 2.04. The Bertz CT molecular complexity index is 911. The summed E-state index contributed by atoms with van der Waals surface area (Å²) in [7, 11) is 1.48. The molecule has 3 aromatic rings. The molecular formula is C15H9F6N3OS. The van der Waals surface area contributed by atoms with Gasteiger partial charge in [-0.15, -0.1) is 11.3 Å².